The Bertz CT molecular complexity index is 730. The summed E-state index contributed by atoms with van der Waals surface area (Å²) in [6.45, 7) is 0.500. The maximum Gasteiger partial charge on any atom is 0.243 e. The highest BCUT2D eigenvalue weighted by molar-refractivity contribution is 7.89. The first kappa shape index (κ1) is 19.3. The number of carbonyl (C=O) groups excluding carboxylic acids is 1. The fraction of sp³-hybridized carbons (Fsp3) is 0.611. The van der Waals surface area contributed by atoms with Gasteiger partial charge in [-0.05, 0) is 62.8 Å². The van der Waals surface area contributed by atoms with E-state index in [1.54, 1.807) is 0 Å². The zero-order valence-electron chi connectivity index (χ0n) is 14.6. The lowest BCUT2D eigenvalue weighted by molar-refractivity contribution is -0.127. The minimum atomic E-state index is -3.73. The van der Waals surface area contributed by atoms with Crippen LogP contribution in [-0.4, -0.2) is 49.0 Å². The highest BCUT2D eigenvalue weighted by Gasteiger charge is 2.34. The molecule has 1 aliphatic carbocycles. The number of nitrogens with one attached hydrogen (secondary N) is 1. The molecule has 6 nitrogen and oxygen atoms in total. The van der Waals surface area contributed by atoms with E-state index >= 15 is 0 Å². The van der Waals surface area contributed by atoms with Crippen LogP contribution in [-0.2, 0) is 14.8 Å². The van der Waals surface area contributed by atoms with Crippen molar-refractivity contribution < 1.29 is 22.7 Å². The Morgan fingerprint density at radius 3 is 2.42 bits per heavy atom. The molecule has 1 aromatic carbocycles. The summed E-state index contributed by atoms with van der Waals surface area (Å²) in [4.78, 5) is 12.6. The summed E-state index contributed by atoms with van der Waals surface area (Å²) in [5, 5.41) is 12.6. The molecule has 2 fully saturated rings. The zero-order chi connectivity index (χ0) is 18.7. The molecule has 2 N–H and O–H groups in total. The van der Waals surface area contributed by atoms with E-state index in [-0.39, 0.29) is 35.4 Å². The molecule has 0 radical (unpaired) electrons. The molecule has 2 aliphatic rings. The summed E-state index contributed by atoms with van der Waals surface area (Å²) in [5.74, 6) is -0.992. The predicted octanol–water partition coefficient (Wildman–Crippen LogP) is 1.65. The Kier molecular flexibility index (Phi) is 5.94. The number of carbonyl (C=O) groups is 1. The topological polar surface area (TPSA) is 86.7 Å². The maximum absolute atomic E-state index is 13.1. The lowest BCUT2D eigenvalue weighted by atomic mass is 9.92. The van der Waals surface area contributed by atoms with Crippen LogP contribution in [0.25, 0.3) is 0 Å². The summed E-state index contributed by atoms with van der Waals surface area (Å²) in [6.07, 6.45) is 3.84. The number of hydrogen-bond acceptors (Lipinski definition) is 4. The highest BCUT2D eigenvalue weighted by atomic mass is 32.2. The number of piperidine rings is 1. The minimum Gasteiger partial charge on any atom is -0.393 e. The molecule has 3 rings (SSSR count). The molecule has 0 spiro atoms. The summed E-state index contributed by atoms with van der Waals surface area (Å²) in [5.41, 5.74) is 0. The van der Waals surface area contributed by atoms with Crippen LogP contribution in [0, 0.1) is 11.7 Å². The summed E-state index contributed by atoms with van der Waals surface area (Å²) < 4.78 is 39.8. The average molecular weight is 384 g/mol. The van der Waals surface area contributed by atoms with Gasteiger partial charge < -0.3 is 10.4 Å². The van der Waals surface area contributed by atoms with E-state index < -0.39 is 15.8 Å². The number of aliphatic hydroxyl groups is 1. The molecule has 1 heterocycles. The normalized spacial score (nSPS) is 27.8. The average Bonchev–Trinajstić information content (AvgIpc) is 2.64. The molecule has 1 atom stereocenters. The third kappa shape index (κ3) is 4.42. The smallest absolute Gasteiger partial charge is 0.243 e. The molecule has 26 heavy (non-hydrogen) atoms. The second-order valence-electron chi connectivity index (χ2n) is 7.17. The van der Waals surface area contributed by atoms with E-state index in [1.807, 2.05) is 0 Å². The molecule has 1 saturated carbocycles. The first-order valence-corrected chi connectivity index (χ1v) is 10.5. The van der Waals surface area contributed by atoms with Gasteiger partial charge in [0.05, 0.1) is 16.9 Å². The van der Waals surface area contributed by atoms with Crippen molar-refractivity contribution in [2.45, 2.75) is 55.6 Å². The zero-order valence-corrected chi connectivity index (χ0v) is 15.4. The minimum absolute atomic E-state index is 0.0428. The van der Waals surface area contributed by atoms with Crippen molar-refractivity contribution in [1.82, 2.24) is 9.62 Å². The molecule has 1 saturated heterocycles. The van der Waals surface area contributed by atoms with Gasteiger partial charge in [-0.3, -0.25) is 4.79 Å². The largest absolute Gasteiger partial charge is 0.393 e. The van der Waals surface area contributed by atoms with Crippen LogP contribution in [0.2, 0.25) is 0 Å². The van der Waals surface area contributed by atoms with Crippen LogP contribution in [0.1, 0.15) is 38.5 Å². The Balaban J connectivity index is 1.63. The van der Waals surface area contributed by atoms with Crippen LogP contribution < -0.4 is 5.32 Å². The van der Waals surface area contributed by atoms with Crippen LogP contribution in [0.5, 0.6) is 0 Å². The van der Waals surface area contributed by atoms with Crippen molar-refractivity contribution in [3.63, 3.8) is 0 Å². The van der Waals surface area contributed by atoms with Gasteiger partial charge in [0.1, 0.15) is 5.82 Å². The van der Waals surface area contributed by atoms with Crippen molar-refractivity contribution >= 4 is 15.9 Å². The highest BCUT2D eigenvalue weighted by Crippen LogP contribution is 2.25. The van der Waals surface area contributed by atoms with Crippen LogP contribution >= 0.6 is 0 Å². The van der Waals surface area contributed by atoms with Crippen LogP contribution in [0.15, 0.2) is 29.2 Å². The van der Waals surface area contributed by atoms with Gasteiger partial charge in [0.25, 0.3) is 0 Å². The summed E-state index contributed by atoms with van der Waals surface area (Å²) in [6, 6.07) is 4.80. The Morgan fingerprint density at radius 2 is 1.77 bits per heavy atom. The standard InChI is InChI=1S/C18H25FN2O4S/c19-14-3-9-17(10-4-14)26(24,25)21-11-1-2-13(12-21)18(23)20-15-5-7-16(22)8-6-15/h3-4,9-10,13,15-16,22H,1-2,5-8,11-12H2,(H,20,23). The van der Waals surface area contributed by atoms with Crippen molar-refractivity contribution in [3.8, 4) is 0 Å². The van der Waals surface area contributed by atoms with Gasteiger partial charge in [0.15, 0.2) is 0 Å². The van der Waals surface area contributed by atoms with Crippen molar-refractivity contribution in [1.29, 1.82) is 0 Å². The molecule has 1 aromatic rings. The van der Waals surface area contributed by atoms with E-state index in [4.69, 9.17) is 0 Å². The number of amides is 1. The number of nitrogens with zero attached hydrogens (tertiary/aromatic N) is 1. The predicted molar refractivity (Wildman–Crippen MR) is 94.3 cm³/mol. The fourth-order valence-corrected chi connectivity index (χ4v) is 5.19. The molecule has 1 amide bonds. The Hall–Kier alpha value is -1.51. The first-order chi connectivity index (χ1) is 12.4. The van der Waals surface area contributed by atoms with Crippen molar-refractivity contribution in [3.05, 3.63) is 30.1 Å². The second kappa shape index (κ2) is 8.02. The lowest BCUT2D eigenvalue weighted by Crippen LogP contribution is -2.48. The quantitative estimate of drug-likeness (QED) is 0.826. The molecule has 0 aromatic heterocycles. The molecule has 1 aliphatic heterocycles. The molecule has 1 unspecified atom stereocenters. The monoisotopic (exact) mass is 384 g/mol. The van der Waals surface area contributed by atoms with Crippen LogP contribution in [0.4, 0.5) is 4.39 Å². The second-order valence-corrected chi connectivity index (χ2v) is 9.11. The number of aliphatic hydroxyl groups excluding tert-OH is 1. The molecule has 8 heteroatoms. The van der Waals surface area contributed by atoms with Gasteiger partial charge in [0.2, 0.25) is 15.9 Å². The number of benzene rings is 1. The first-order valence-electron chi connectivity index (χ1n) is 9.10. The summed E-state index contributed by atoms with van der Waals surface area (Å²) in [7, 11) is -3.73. The van der Waals surface area contributed by atoms with E-state index in [0.29, 0.717) is 32.2 Å². The van der Waals surface area contributed by atoms with E-state index in [0.717, 1.165) is 25.0 Å². The van der Waals surface area contributed by atoms with Crippen LogP contribution in [0.3, 0.4) is 0 Å². The van der Waals surface area contributed by atoms with E-state index in [9.17, 15) is 22.7 Å². The van der Waals surface area contributed by atoms with Gasteiger partial charge >= 0.3 is 0 Å². The van der Waals surface area contributed by atoms with Gasteiger partial charge in [-0.2, -0.15) is 4.31 Å². The third-order valence-electron chi connectivity index (χ3n) is 5.25. The van der Waals surface area contributed by atoms with Crippen molar-refractivity contribution in [2.24, 2.45) is 5.92 Å². The maximum atomic E-state index is 13.1. The van der Waals surface area contributed by atoms with Gasteiger partial charge in [-0.25, -0.2) is 12.8 Å². The Morgan fingerprint density at radius 1 is 1.12 bits per heavy atom. The van der Waals surface area contributed by atoms with Gasteiger partial charge in [0, 0.05) is 19.1 Å². The van der Waals surface area contributed by atoms with E-state index in [2.05, 4.69) is 5.32 Å². The van der Waals surface area contributed by atoms with Crippen molar-refractivity contribution in [2.75, 3.05) is 13.1 Å². The van der Waals surface area contributed by atoms with E-state index in [1.165, 1.54) is 16.4 Å². The molecular weight excluding hydrogens is 359 g/mol. The molecular formula is C18H25FN2O4S. The summed E-state index contributed by atoms with van der Waals surface area (Å²) >= 11 is 0. The molecule has 144 valence electrons. The number of halogens is 1. The lowest BCUT2D eigenvalue weighted by Gasteiger charge is -2.33. The Labute approximate surface area is 153 Å². The molecule has 0 bridgehead atoms. The number of sulfonamides is 1. The SMILES string of the molecule is O=C(NC1CCC(O)CC1)C1CCCN(S(=O)(=O)c2ccc(F)cc2)C1. The fourth-order valence-electron chi connectivity index (χ4n) is 3.67. The number of rotatable bonds is 4. The van der Waals surface area contributed by atoms with Gasteiger partial charge in [-0.15, -0.1) is 0 Å². The third-order valence-corrected chi connectivity index (χ3v) is 7.13. The van der Waals surface area contributed by atoms with Gasteiger partial charge in [-0.1, -0.05) is 0 Å². The number of hydrogen-bond donors (Lipinski definition) is 2.